The number of carbonyl (C=O) groups is 1. The topological polar surface area (TPSA) is 70.2 Å². The zero-order valence-electron chi connectivity index (χ0n) is 14.9. The van der Waals surface area contributed by atoms with Crippen LogP contribution in [0.15, 0.2) is 30.0 Å². The number of anilines is 1. The summed E-state index contributed by atoms with van der Waals surface area (Å²) in [7, 11) is 0. The van der Waals surface area contributed by atoms with Crippen molar-refractivity contribution in [3.8, 4) is 0 Å². The average molecular weight is 343 g/mol. The highest BCUT2D eigenvalue weighted by Gasteiger charge is 2.25. The number of allylic oxidation sites excluding steroid dienone is 1. The van der Waals surface area contributed by atoms with E-state index in [1.807, 2.05) is 12.1 Å². The Balaban J connectivity index is 1.33. The van der Waals surface area contributed by atoms with Crippen molar-refractivity contribution in [1.29, 1.82) is 0 Å². The van der Waals surface area contributed by atoms with Crippen LogP contribution in [-0.4, -0.2) is 48.3 Å². The van der Waals surface area contributed by atoms with Gasteiger partial charge in [0.05, 0.1) is 6.54 Å². The molecule has 0 spiro atoms. The Labute approximate surface area is 150 Å². The van der Waals surface area contributed by atoms with Gasteiger partial charge in [-0.1, -0.05) is 11.6 Å². The minimum atomic E-state index is 0.0838. The van der Waals surface area contributed by atoms with Gasteiger partial charge in [0.15, 0.2) is 5.82 Å². The van der Waals surface area contributed by atoms with E-state index >= 15 is 0 Å². The van der Waals surface area contributed by atoms with Crippen molar-refractivity contribution in [3.63, 3.8) is 0 Å². The number of hydrogen-bond acceptors (Lipinski definition) is 5. The first kappa shape index (κ1) is 17.9. The zero-order valence-corrected chi connectivity index (χ0v) is 14.9. The Morgan fingerprint density at radius 2 is 2.28 bits per heavy atom. The predicted octanol–water partition coefficient (Wildman–Crippen LogP) is 2.04. The average Bonchev–Trinajstić information content (AvgIpc) is 3.12. The van der Waals surface area contributed by atoms with Crippen molar-refractivity contribution in [2.24, 2.45) is 0 Å². The lowest BCUT2D eigenvalue weighted by molar-refractivity contribution is -0.120. The molecule has 1 saturated heterocycles. The van der Waals surface area contributed by atoms with E-state index in [0.29, 0.717) is 12.6 Å². The van der Waals surface area contributed by atoms with Crippen molar-refractivity contribution < 1.29 is 4.79 Å². The number of carbonyl (C=O) groups excluding carboxylic acids is 1. The van der Waals surface area contributed by atoms with Gasteiger partial charge < -0.3 is 15.5 Å². The quantitative estimate of drug-likeness (QED) is 0.707. The number of hydrogen-bond donors (Lipinski definition) is 2. The summed E-state index contributed by atoms with van der Waals surface area (Å²) in [5, 5.41) is 14.5. The van der Waals surface area contributed by atoms with Gasteiger partial charge >= 0.3 is 0 Å². The van der Waals surface area contributed by atoms with Crippen molar-refractivity contribution in [1.82, 2.24) is 20.8 Å². The summed E-state index contributed by atoms with van der Waals surface area (Å²) in [5.41, 5.74) is 1.50. The van der Waals surface area contributed by atoms with Crippen molar-refractivity contribution in [2.75, 3.05) is 31.1 Å². The fraction of sp³-hybridized carbons (Fsp3) is 0.632. The van der Waals surface area contributed by atoms with E-state index in [1.165, 1.54) is 31.3 Å². The Morgan fingerprint density at radius 3 is 3.08 bits per heavy atom. The molecule has 2 aliphatic rings. The van der Waals surface area contributed by atoms with Crippen LogP contribution in [0, 0.1) is 0 Å². The second-order valence-electron chi connectivity index (χ2n) is 6.91. The molecule has 1 unspecified atom stereocenters. The van der Waals surface area contributed by atoms with Gasteiger partial charge in [0.25, 0.3) is 0 Å². The SMILES string of the molecule is O=C(CNCC1CCCN1c1cccnn1)NCCC1=CCCCC1. The molecule has 1 aliphatic heterocycles. The first-order chi connectivity index (χ1) is 12.3. The summed E-state index contributed by atoms with van der Waals surface area (Å²) in [6, 6.07) is 4.30. The molecule has 136 valence electrons. The number of nitrogens with one attached hydrogen (secondary N) is 2. The molecule has 1 aromatic heterocycles. The molecule has 1 amide bonds. The minimum Gasteiger partial charge on any atom is -0.355 e. The number of rotatable bonds is 8. The molecule has 0 radical (unpaired) electrons. The van der Waals surface area contributed by atoms with Crippen LogP contribution in [0.1, 0.15) is 44.9 Å². The Hall–Kier alpha value is -1.95. The van der Waals surface area contributed by atoms with Crippen molar-refractivity contribution in [3.05, 3.63) is 30.0 Å². The Bertz CT molecular complexity index is 574. The van der Waals surface area contributed by atoms with E-state index in [1.54, 1.807) is 6.20 Å². The third-order valence-electron chi connectivity index (χ3n) is 5.05. The smallest absolute Gasteiger partial charge is 0.233 e. The fourth-order valence-corrected chi connectivity index (χ4v) is 3.71. The molecule has 1 atom stereocenters. The molecule has 1 aliphatic carbocycles. The lowest BCUT2D eigenvalue weighted by Gasteiger charge is -2.25. The van der Waals surface area contributed by atoms with Crippen LogP contribution in [0.2, 0.25) is 0 Å². The van der Waals surface area contributed by atoms with E-state index in [9.17, 15) is 4.79 Å². The first-order valence-corrected chi connectivity index (χ1v) is 9.52. The lowest BCUT2D eigenvalue weighted by atomic mass is 9.97. The maximum atomic E-state index is 12.0. The maximum Gasteiger partial charge on any atom is 0.233 e. The zero-order chi connectivity index (χ0) is 17.3. The molecular weight excluding hydrogens is 314 g/mol. The maximum absolute atomic E-state index is 12.0. The normalized spacial score (nSPS) is 20.4. The Morgan fingerprint density at radius 1 is 1.32 bits per heavy atom. The van der Waals surface area contributed by atoms with Gasteiger partial charge in [-0.25, -0.2) is 0 Å². The summed E-state index contributed by atoms with van der Waals surface area (Å²) < 4.78 is 0. The van der Waals surface area contributed by atoms with Crippen LogP contribution in [0.3, 0.4) is 0 Å². The monoisotopic (exact) mass is 343 g/mol. The molecule has 6 nitrogen and oxygen atoms in total. The highest BCUT2D eigenvalue weighted by atomic mass is 16.1. The van der Waals surface area contributed by atoms with Gasteiger partial charge in [-0.3, -0.25) is 4.79 Å². The van der Waals surface area contributed by atoms with Crippen LogP contribution in [0.4, 0.5) is 5.82 Å². The standard InChI is InChI=1S/C19H29N5O/c25-19(21-12-10-16-6-2-1-3-7-16)15-20-14-17-8-5-13-24(17)18-9-4-11-22-23-18/h4,6,9,11,17,20H,1-3,5,7-8,10,12-15H2,(H,21,25). The highest BCUT2D eigenvalue weighted by molar-refractivity contribution is 5.77. The highest BCUT2D eigenvalue weighted by Crippen LogP contribution is 2.22. The largest absolute Gasteiger partial charge is 0.355 e. The van der Waals surface area contributed by atoms with Crippen LogP contribution in [0.5, 0.6) is 0 Å². The fourth-order valence-electron chi connectivity index (χ4n) is 3.71. The van der Waals surface area contributed by atoms with Crippen LogP contribution in [-0.2, 0) is 4.79 Å². The van der Waals surface area contributed by atoms with Crippen molar-refractivity contribution in [2.45, 2.75) is 51.0 Å². The molecule has 0 bridgehead atoms. The summed E-state index contributed by atoms with van der Waals surface area (Å²) in [4.78, 5) is 14.3. The minimum absolute atomic E-state index is 0.0838. The number of nitrogens with zero attached hydrogens (tertiary/aromatic N) is 3. The van der Waals surface area contributed by atoms with Gasteiger partial charge in [0.2, 0.25) is 5.91 Å². The molecule has 2 heterocycles. The first-order valence-electron chi connectivity index (χ1n) is 9.52. The third kappa shape index (κ3) is 5.53. The van der Waals surface area contributed by atoms with E-state index in [4.69, 9.17) is 0 Å². The second-order valence-corrected chi connectivity index (χ2v) is 6.91. The van der Waals surface area contributed by atoms with E-state index in [0.717, 1.165) is 44.7 Å². The number of aromatic nitrogens is 2. The molecule has 1 fully saturated rings. The van der Waals surface area contributed by atoms with Crippen molar-refractivity contribution >= 4 is 11.7 Å². The molecular formula is C19H29N5O. The summed E-state index contributed by atoms with van der Waals surface area (Å²) in [6.07, 6.45) is 12.3. The van der Waals surface area contributed by atoms with E-state index < -0.39 is 0 Å². The van der Waals surface area contributed by atoms with Crippen LogP contribution < -0.4 is 15.5 Å². The lowest BCUT2D eigenvalue weighted by Crippen LogP contribution is -2.42. The summed E-state index contributed by atoms with van der Waals surface area (Å²) in [5.74, 6) is 1.01. The summed E-state index contributed by atoms with van der Waals surface area (Å²) in [6.45, 7) is 2.94. The summed E-state index contributed by atoms with van der Waals surface area (Å²) >= 11 is 0. The Kier molecular flexibility index (Phi) is 6.79. The molecule has 3 rings (SSSR count). The molecule has 25 heavy (non-hydrogen) atoms. The van der Waals surface area contributed by atoms with Crippen LogP contribution in [0.25, 0.3) is 0 Å². The van der Waals surface area contributed by atoms with Gasteiger partial charge in [0, 0.05) is 31.9 Å². The van der Waals surface area contributed by atoms with E-state index in [2.05, 4.69) is 31.8 Å². The molecule has 0 saturated carbocycles. The van der Waals surface area contributed by atoms with Gasteiger partial charge in [-0.15, -0.1) is 5.10 Å². The number of amides is 1. The molecule has 1 aromatic rings. The van der Waals surface area contributed by atoms with E-state index in [-0.39, 0.29) is 5.91 Å². The second kappa shape index (κ2) is 9.51. The molecule has 0 aromatic carbocycles. The van der Waals surface area contributed by atoms with Crippen LogP contribution >= 0.6 is 0 Å². The van der Waals surface area contributed by atoms with Gasteiger partial charge in [0.1, 0.15) is 0 Å². The van der Waals surface area contributed by atoms with Gasteiger partial charge in [-0.2, -0.15) is 5.10 Å². The molecule has 2 N–H and O–H groups in total. The van der Waals surface area contributed by atoms with Gasteiger partial charge in [-0.05, 0) is 57.1 Å². The predicted molar refractivity (Wildman–Crippen MR) is 99.4 cm³/mol. The third-order valence-corrected chi connectivity index (χ3v) is 5.05. The molecule has 6 heteroatoms.